The maximum Gasteiger partial charge on any atom is 0.508 e. The SMILES string of the molecule is CC(C)OC(=O)OC(C)C[C-](S(=O)(=O)C(F)(F)F)S(=O)(=O)C(F)(F)F. The van der Waals surface area contributed by atoms with Crippen molar-refractivity contribution in [3.63, 3.8) is 0 Å². The predicted octanol–water partition coefficient (Wildman–Crippen LogP) is 2.69. The Kier molecular flexibility index (Phi) is 7.17. The lowest BCUT2D eigenvalue weighted by Gasteiger charge is -2.33. The molecule has 0 bridgehead atoms. The smallest absolute Gasteiger partial charge is 0.434 e. The molecule has 0 aromatic heterocycles. The number of halogens is 6. The van der Waals surface area contributed by atoms with E-state index in [9.17, 15) is 48.0 Å². The van der Waals surface area contributed by atoms with Crippen molar-refractivity contribution in [1.82, 2.24) is 0 Å². The first-order chi connectivity index (χ1) is 10.8. The number of carbonyl (C=O) groups excluding carboxylic acids is 1. The van der Waals surface area contributed by atoms with Gasteiger partial charge in [0.2, 0.25) is 0 Å². The van der Waals surface area contributed by atoms with Crippen LogP contribution in [-0.4, -0.2) is 46.2 Å². The van der Waals surface area contributed by atoms with Gasteiger partial charge in [-0.2, -0.15) is 26.3 Å². The molecule has 0 radical (unpaired) electrons. The summed E-state index contributed by atoms with van der Waals surface area (Å²) in [5, 5.41) is 0. The first-order valence-electron chi connectivity index (χ1n) is 6.19. The van der Waals surface area contributed by atoms with Gasteiger partial charge in [-0.15, -0.1) is 6.42 Å². The van der Waals surface area contributed by atoms with Crippen molar-refractivity contribution in [2.45, 2.75) is 50.4 Å². The molecule has 15 heteroatoms. The Balaban J connectivity index is 5.79. The summed E-state index contributed by atoms with van der Waals surface area (Å²) in [5.74, 6) is 0. The number of carbonyl (C=O) groups is 1. The van der Waals surface area contributed by atoms with Crippen LogP contribution in [0.3, 0.4) is 0 Å². The second kappa shape index (κ2) is 7.55. The predicted molar refractivity (Wildman–Crippen MR) is 70.0 cm³/mol. The monoisotopic (exact) mass is 423 g/mol. The van der Waals surface area contributed by atoms with Gasteiger partial charge in [-0.25, -0.2) is 4.79 Å². The minimum Gasteiger partial charge on any atom is -0.434 e. The fourth-order valence-electron chi connectivity index (χ4n) is 1.28. The molecule has 0 fully saturated rings. The summed E-state index contributed by atoms with van der Waals surface area (Å²) in [5.41, 5.74) is -12.6. The number of alkyl halides is 6. The van der Waals surface area contributed by atoms with Crippen molar-refractivity contribution >= 4 is 25.8 Å². The molecule has 0 aromatic carbocycles. The fraction of sp³-hybridized carbons (Fsp3) is 0.800. The van der Waals surface area contributed by atoms with Crippen molar-refractivity contribution in [2.24, 2.45) is 0 Å². The van der Waals surface area contributed by atoms with E-state index in [0.717, 1.165) is 0 Å². The fourth-order valence-corrected chi connectivity index (χ4v) is 4.43. The molecule has 0 saturated heterocycles. The topological polar surface area (TPSA) is 104 Å². The van der Waals surface area contributed by atoms with Gasteiger partial charge < -0.3 is 9.47 Å². The van der Waals surface area contributed by atoms with Gasteiger partial charge in [0.15, 0.2) is 0 Å². The highest BCUT2D eigenvalue weighted by atomic mass is 32.3. The van der Waals surface area contributed by atoms with Crippen LogP contribution in [0.4, 0.5) is 31.1 Å². The molecule has 1 atom stereocenters. The van der Waals surface area contributed by atoms with E-state index in [-0.39, 0.29) is 0 Å². The zero-order valence-corrected chi connectivity index (χ0v) is 14.4. The molecule has 25 heavy (non-hydrogen) atoms. The molecular weight excluding hydrogens is 410 g/mol. The van der Waals surface area contributed by atoms with Gasteiger partial charge >= 0.3 is 17.2 Å². The molecule has 7 nitrogen and oxygen atoms in total. The van der Waals surface area contributed by atoms with Gasteiger partial charge in [0.1, 0.15) is 19.7 Å². The highest BCUT2D eigenvalue weighted by Gasteiger charge is 2.54. The molecule has 0 aliphatic carbocycles. The second-order valence-corrected chi connectivity index (χ2v) is 9.00. The Bertz CT molecular complexity index is 634. The first-order valence-corrected chi connectivity index (χ1v) is 9.16. The molecule has 0 aliphatic rings. The van der Waals surface area contributed by atoms with Crippen LogP contribution in [0.15, 0.2) is 0 Å². The van der Waals surface area contributed by atoms with E-state index in [1.54, 1.807) is 0 Å². The molecule has 0 rings (SSSR count). The Morgan fingerprint density at radius 1 is 0.880 bits per heavy atom. The van der Waals surface area contributed by atoms with E-state index in [0.29, 0.717) is 6.92 Å². The number of hydrogen-bond acceptors (Lipinski definition) is 7. The zero-order chi connectivity index (χ0) is 20.4. The van der Waals surface area contributed by atoms with Crippen LogP contribution in [0.2, 0.25) is 0 Å². The van der Waals surface area contributed by atoms with E-state index in [4.69, 9.17) is 0 Å². The van der Waals surface area contributed by atoms with Gasteiger partial charge in [-0.3, -0.25) is 16.8 Å². The maximum atomic E-state index is 12.5. The maximum absolute atomic E-state index is 12.5. The molecule has 0 N–H and O–H groups in total. The van der Waals surface area contributed by atoms with Crippen LogP contribution in [0, 0.1) is 4.58 Å². The number of ether oxygens (including phenoxy) is 2. The molecule has 0 heterocycles. The van der Waals surface area contributed by atoms with Crippen molar-refractivity contribution in [2.75, 3.05) is 0 Å². The molecule has 0 spiro atoms. The average Bonchev–Trinajstić information content (AvgIpc) is 2.31. The summed E-state index contributed by atoms with van der Waals surface area (Å²) >= 11 is 0. The minimum atomic E-state index is -6.86. The lowest BCUT2D eigenvalue weighted by Crippen LogP contribution is -2.41. The highest BCUT2D eigenvalue weighted by Crippen LogP contribution is 2.43. The summed E-state index contributed by atoms with van der Waals surface area (Å²) < 4.78 is 126. The highest BCUT2D eigenvalue weighted by molar-refractivity contribution is 8.13. The van der Waals surface area contributed by atoms with Crippen LogP contribution in [0.1, 0.15) is 27.2 Å². The Hall–Kier alpha value is -1.25. The molecule has 1 unspecified atom stereocenters. The summed E-state index contributed by atoms with van der Waals surface area (Å²) in [6.45, 7) is 3.37. The number of hydrogen-bond donors (Lipinski definition) is 0. The van der Waals surface area contributed by atoms with Crippen LogP contribution < -0.4 is 0 Å². The average molecular weight is 423 g/mol. The van der Waals surface area contributed by atoms with E-state index in [1.165, 1.54) is 13.8 Å². The Labute approximate surface area is 139 Å². The van der Waals surface area contributed by atoms with E-state index in [1.807, 2.05) is 0 Å². The van der Waals surface area contributed by atoms with Gasteiger partial charge in [0.05, 0.1) is 12.2 Å². The molecule has 150 valence electrons. The van der Waals surface area contributed by atoms with Gasteiger partial charge in [0.25, 0.3) is 0 Å². The van der Waals surface area contributed by atoms with Crippen LogP contribution in [0.25, 0.3) is 0 Å². The lowest BCUT2D eigenvalue weighted by atomic mass is 10.3. The number of sulfone groups is 2. The third-order valence-corrected chi connectivity index (χ3v) is 6.36. The van der Waals surface area contributed by atoms with Crippen LogP contribution >= 0.6 is 0 Å². The largest absolute Gasteiger partial charge is 0.508 e. The third kappa shape index (κ3) is 5.90. The Morgan fingerprint density at radius 2 is 1.24 bits per heavy atom. The van der Waals surface area contributed by atoms with Crippen LogP contribution in [-0.2, 0) is 29.1 Å². The van der Waals surface area contributed by atoms with Gasteiger partial charge in [0, 0.05) is 0 Å². The van der Waals surface area contributed by atoms with Crippen molar-refractivity contribution < 1.29 is 57.4 Å². The normalized spacial score (nSPS) is 15.3. The molecule has 0 amide bonds. The number of rotatable bonds is 6. The van der Waals surface area contributed by atoms with E-state index < -0.39 is 60.1 Å². The lowest BCUT2D eigenvalue weighted by molar-refractivity contribution is -0.0459. The quantitative estimate of drug-likeness (QED) is 0.368. The second-order valence-electron chi connectivity index (χ2n) is 4.82. The summed E-state index contributed by atoms with van der Waals surface area (Å²) in [6, 6.07) is 0. The summed E-state index contributed by atoms with van der Waals surface area (Å²) in [4.78, 5) is 11.1. The Morgan fingerprint density at radius 3 is 1.52 bits per heavy atom. The van der Waals surface area contributed by atoms with Crippen molar-refractivity contribution in [3.05, 3.63) is 4.58 Å². The molecular formula is C10H13F6O7S2-. The minimum absolute atomic E-state index is 0.694. The van der Waals surface area contributed by atoms with Crippen molar-refractivity contribution in [1.29, 1.82) is 0 Å². The third-order valence-electron chi connectivity index (χ3n) is 2.29. The summed E-state index contributed by atoms with van der Waals surface area (Å²) in [6.07, 6.45) is -6.15. The van der Waals surface area contributed by atoms with Gasteiger partial charge in [-0.1, -0.05) is 4.58 Å². The van der Waals surface area contributed by atoms with Crippen LogP contribution in [0.5, 0.6) is 0 Å². The molecule has 0 saturated carbocycles. The molecule has 0 aromatic rings. The van der Waals surface area contributed by atoms with E-state index in [2.05, 4.69) is 9.47 Å². The first kappa shape index (κ1) is 23.8. The molecule has 0 aliphatic heterocycles. The standard InChI is InChI=1S/C10H13F6O7S2/c1-5(2)22-8(17)23-6(3)4-7(24(18,19)9(11,12)13)25(20,21)10(14,15)16/h5-6H,4H2,1-3H3/q-1. The summed E-state index contributed by atoms with van der Waals surface area (Å²) in [7, 11) is -13.7. The zero-order valence-electron chi connectivity index (χ0n) is 12.8. The van der Waals surface area contributed by atoms with Crippen molar-refractivity contribution in [3.8, 4) is 0 Å². The van der Waals surface area contributed by atoms with E-state index >= 15 is 0 Å². The van der Waals surface area contributed by atoms with Gasteiger partial charge in [-0.05, 0) is 20.8 Å².